The van der Waals surface area contributed by atoms with Crippen molar-refractivity contribution in [3.8, 4) is 0 Å². The number of amidine groups is 1. The first-order chi connectivity index (χ1) is 11.4. The summed E-state index contributed by atoms with van der Waals surface area (Å²) in [6.07, 6.45) is 5.61. The Morgan fingerprint density at radius 3 is 2.91 bits per heavy atom. The number of pyridine rings is 1. The average molecular weight is 321 g/mol. The second kappa shape index (κ2) is 5.81. The Hall–Kier alpha value is -2.73. The highest BCUT2D eigenvalue weighted by atomic mass is 32.1. The summed E-state index contributed by atoms with van der Waals surface area (Å²) in [4.78, 5) is 18.5. The quantitative estimate of drug-likeness (QED) is 0.760. The van der Waals surface area contributed by atoms with Crippen LogP contribution in [0.3, 0.4) is 0 Å². The summed E-state index contributed by atoms with van der Waals surface area (Å²) in [5.74, 6) is 1.49. The number of fused-ring (bicyclic) bond motifs is 1. The van der Waals surface area contributed by atoms with Gasteiger partial charge < -0.3 is 10.3 Å². The van der Waals surface area contributed by atoms with Crippen LogP contribution in [0.2, 0.25) is 0 Å². The number of aliphatic imine (C=N–C) groups is 2. The number of rotatable bonds is 2. The summed E-state index contributed by atoms with van der Waals surface area (Å²) in [7, 11) is 1.87. The van der Waals surface area contributed by atoms with E-state index >= 15 is 0 Å². The predicted octanol–water partition coefficient (Wildman–Crippen LogP) is 3.31. The molecule has 4 rings (SSSR count). The molecule has 5 nitrogen and oxygen atoms in total. The van der Waals surface area contributed by atoms with Crippen LogP contribution in [0.15, 0.2) is 64.3 Å². The maximum Gasteiger partial charge on any atom is 0.163 e. The summed E-state index contributed by atoms with van der Waals surface area (Å²) < 4.78 is 0. The van der Waals surface area contributed by atoms with E-state index in [0.29, 0.717) is 5.82 Å². The molecule has 1 atom stereocenters. The van der Waals surface area contributed by atoms with Gasteiger partial charge in [0, 0.05) is 41.6 Å². The van der Waals surface area contributed by atoms with E-state index < -0.39 is 0 Å². The monoisotopic (exact) mass is 321 g/mol. The van der Waals surface area contributed by atoms with Crippen molar-refractivity contribution in [3.63, 3.8) is 0 Å². The molecular weight excluding hydrogens is 306 g/mol. The van der Waals surface area contributed by atoms with Crippen LogP contribution in [0.1, 0.15) is 22.0 Å². The van der Waals surface area contributed by atoms with Crippen LogP contribution in [0.25, 0.3) is 0 Å². The van der Waals surface area contributed by atoms with Crippen molar-refractivity contribution >= 4 is 28.7 Å². The number of hydrogen-bond acceptors (Lipinski definition) is 5. The molecule has 0 amide bonds. The number of hydrogen-bond donors (Lipinski definition) is 2. The Kier molecular flexibility index (Phi) is 3.51. The Morgan fingerprint density at radius 1 is 1.22 bits per heavy atom. The molecule has 0 spiro atoms. The fraction of sp³-hybridized carbons (Fsp3) is 0.118. The minimum absolute atomic E-state index is 0.154. The number of likely N-dealkylation sites (N-methyl/N-ethyl adjacent to an activating group) is 1. The van der Waals surface area contributed by atoms with Crippen molar-refractivity contribution in [2.24, 2.45) is 9.98 Å². The summed E-state index contributed by atoms with van der Waals surface area (Å²) in [6, 6.07) is 9.92. The third-order valence-electron chi connectivity index (χ3n) is 3.73. The SMILES string of the molecule is CNC1=Nc2ncccc2C(c2cc[nH]c2)=NC1c1cccs1. The van der Waals surface area contributed by atoms with Gasteiger partial charge in [0.25, 0.3) is 0 Å². The highest BCUT2D eigenvalue weighted by Crippen LogP contribution is 2.31. The summed E-state index contributed by atoms with van der Waals surface area (Å²) >= 11 is 1.68. The Labute approximate surface area is 137 Å². The Bertz CT molecular complexity index is 862. The zero-order valence-electron chi connectivity index (χ0n) is 12.5. The van der Waals surface area contributed by atoms with Gasteiger partial charge in [0.2, 0.25) is 0 Å². The lowest BCUT2D eigenvalue weighted by Gasteiger charge is -2.13. The smallest absolute Gasteiger partial charge is 0.163 e. The number of H-pyrrole nitrogens is 1. The van der Waals surface area contributed by atoms with Crippen LogP contribution >= 0.6 is 11.3 Å². The van der Waals surface area contributed by atoms with Crippen LogP contribution in [-0.4, -0.2) is 28.6 Å². The number of aromatic nitrogens is 2. The van der Waals surface area contributed by atoms with E-state index in [1.54, 1.807) is 17.5 Å². The lowest BCUT2D eigenvalue weighted by molar-refractivity contribution is 0.927. The van der Waals surface area contributed by atoms with Gasteiger partial charge in [-0.3, -0.25) is 4.99 Å². The Balaban J connectivity index is 1.96. The molecule has 2 N–H and O–H groups in total. The molecule has 0 aliphatic carbocycles. The first-order valence-corrected chi connectivity index (χ1v) is 8.21. The molecule has 0 saturated carbocycles. The third-order valence-corrected chi connectivity index (χ3v) is 4.65. The molecule has 4 heterocycles. The molecule has 6 heteroatoms. The molecule has 1 aliphatic rings. The molecular formula is C17H15N5S. The maximum absolute atomic E-state index is 5.03. The van der Waals surface area contributed by atoms with Gasteiger partial charge in [-0.15, -0.1) is 11.3 Å². The van der Waals surface area contributed by atoms with Crippen molar-refractivity contribution in [3.05, 3.63) is 70.3 Å². The highest BCUT2D eigenvalue weighted by Gasteiger charge is 2.25. The second-order valence-electron chi connectivity index (χ2n) is 5.12. The van der Waals surface area contributed by atoms with Gasteiger partial charge >= 0.3 is 0 Å². The predicted molar refractivity (Wildman–Crippen MR) is 93.9 cm³/mol. The first kappa shape index (κ1) is 13.9. The standard InChI is InChI=1S/C17H15N5S/c1-18-17-15(13-5-3-9-23-13)21-14(11-6-8-19-10-11)12-4-2-7-20-16(12)22-17/h2-10,15,19H,1H3,(H,18,20,22). The van der Waals surface area contributed by atoms with Gasteiger partial charge in [-0.05, 0) is 29.6 Å². The number of nitrogens with zero attached hydrogens (tertiary/aromatic N) is 3. The minimum Gasteiger partial charge on any atom is -0.374 e. The maximum atomic E-state index is 5.03. The summed E-state index contributed by atoms with van der Waals surface area (Å²) in [5, 5.41) is 5.25. The molecule has 1 unspecified atom stereocenters. The summed E-state index contributed by atoms with van der Waals surface area (Å²) in [5.41, 5.74) is 2.88. The molecule has 3 aromatic rings. The van der Waals surface area contributed by atoms with Crippen molar-refractivity contribution in [2.75, 3.05) is 7.05 Å². The van der Waals surface area contributed by atoms with Gasteiger partial charge in [-0.25, -0.2) is 9.98 Å². The van der Waals surface area contributed by atoms with E-state index in [0.717, 1.165) is 27.6 Å². The molecule has 23 heavy (non-hydrogen) atoms. The van der Waals surface area contributed by atoms with E-state index in [-0.39, 0.29) is 6.04 Å². The highest BCUT2D eigenvalue weighted by molar-refractivity contribution is 7.10. The lowest BCUT2D eigenvalue weighted by atomic mass is 10.1. The second-order valence-corrected chi connectivity index (χ2v) is 6.10. The van der Waals surface area contributed by atoms with Gasteiger partial charge in [-0.2, -0.15) is 0 Å². The van der Waals surface area contributed by atoms with Gasteiger partial charge in [0.05, 0.1) is 5.71 Å². The molecule has 0 saturated heterocycles. The fourth-order valence-corrected chi connectivity index (χ4v) is 3.41. The van der Waals surface area contributed by atoms with Crippen LogP contribution < -0.4 is 5.32 Å². The summed E-state index contributed by atoms with van der Waals surface area (Å²) in [6.45, 7) is 0. The number of thiophene rings is 1. The van der Waals surface area contributed by atoms with Gasteiger partial charge in [0.1, 0.15) is 11.9 Å². The van der Waals surface area contributed by atoms with E-state index in [1.807, 2.05) is 43.7 Å². The molecule has 114 valence electrons. The van der Waals surface area contributed by atoms with Crippen molar-refractivity contribution in [2.45, 2.75) is 6.04 Å². The zero-order valence-corrected chi connectivity index (χ0v) is 13.3. The molecule has 3 aromatic heterocycles. The largest absolute Gasteiger partial charge is 0.374 e. The van der Waals surface area contributed by atoms with Gasteiger partial charge in [0.15, 0.2) is 5.82 Å². The topological polar surface area (TPSA) is 65.4 Å². The molecule has 1 aliphatic heterocycles. The van der Waals surface area contributed by atoms with Crippen LogP contribution in [-0.2, 0) is 0 Å². The third kappa shape index (κ3) is 2.47. The lowest BCUT2D eigenvalue weighted by Crippen LogP contribution is -2.24. The van der Waals surface area contributed by atoms with E-state index in [1.165, 1.54) is 0 Å². The molecule has 0 aromatic carbocycles. The normalized spacial score (nSPS) is 17.0. The van der Waals surface area contributed by atoms with Gasteiger partial charge in [-0.1, -0.05) is 6.07 Å². The van der Waals surface area contributed by atoms with E-state index in [4.69, 9.17) is 9.98 Å². The average Bonchev–Trinajstić information content (AvgIpc) is 3.26. The Morgan fingerprint density at radius 2 is 2.17 bits per heavy atom. The van der Waals surface area contributed by atoms with Crippen LogP contribution in [0.5, 0.6) is 0 Å². The van der Waals surface area contributed by atoms with Crippen molar-refractivity contribution < 1.29 is 0 Å². The fourth-order valence-electron chi connectivity index (χ4n) is 2.64. The van der Waals surface area contributed by atoms with E-state index in [9.17, 15) is 0 Å². The van der Waals surface area contributed by atoms with Crippen molar-refractivity contribution in [1.29, 1.82) is 0 Å². The minimum atomic E-state index is -0.154. The number of nitrogens with one attached hydrogen (secondary N) is 2. The van der Waals surface area contributed by atoms with Crippen molar-refractivity contribution in [1.82, 2.24) is 15.3 Å². The van der Waals surface area contributed by atoms with E-state index in [2.05, 4.69) is 26.7 Å². The van der Waals surface area contributed by atoms with Crippen LogP contribution in [0.4, 0.5) is 5.82 Å². The zero-order chi connectivity index (χ0) is 15.6. The molecule has 0 bridgehead atoms. The molecule has 0 fully saturated rings. The van der Waals surface area contributed by atoms with Crippen LogP contribution in [0, 0.1) is 0 Å². The number of aromatic amines is 1. The first-order valence-electron chi connectivity index (χ1n) is 7.33. The molecule has 0 radical (unpaired) electrons.